The summed E-state index contributed by atoms with van der Waals surface area (Å²) >= 11 is 0. The molecule has 0 spiro atoms. The first kappa shape index (κ1) is 22.6. The van der Waals surface area contributed by atoms with Crippen molar-refractivity contribution in [3.63, 3.8) is 0 Å². The number of ether oxygens (including phenoxy) is 1. The maximum absolute atomic E-state index is 10.4. The van der Waals surface area contributed by atoms with Crippen molar-refractivity contribution in [2.75, 3.05) is 7.11 Å². The maximum Gasteiger partial charge on any atom is 0.303 e. The summed E-state index contributed by atoms with van der Waals surface area (Å²) < 4.78 is 5.49. The molecular weight excluding hydrogens is 300 g/mol. The van der Waals surface area contributed by atoms with Crippen molar-refractivity contribution in [1.29, 1.82) is 0 Å². The van der Waals surface area contributed by atoms with Crippen molar-refractivity contribution in [2.45, 2.75) is 83.7 Å². The highest BCUT2D eigenvalue weighted by Crippen LogP contribution is 2.12. The number of carbonyl (C=O) groups is 1. The lowest BCUT2D eigenvalue weighted by molar-refractivity contribution is -0.137. The van der Waals surface area contributed by atoms with Crippen LogP contribution in [0.15, 0.2) is 36.5 Å². The van der Waals surface area contributed by atoms with Gasteiger partial charge in [-0.2, -0.15) is 0 Å². The van der Waals surface area contributed by atoms with Gasteiger partial charge in [-0.05, 0) is 25.7 Å². The van der Waals surface area contributed by atoms with Crippen LogP contribution in [0.5, 0.6) is 0 Å². The van der Waals surface area contributed by atoms with Gasteiger partial charge in [0.2, 0.25) is 0 Å². The molecule has 0 radical (unpaired) electrons. The number of unbranched alkanes of at least 4 members (excludes halogenated alkanes) is 6. The molecule has 0 heterocycles. The topological polar surface area (TPSA) is 46.5 Å². The summed E-state index contributed by atoms with van der Waals surface area (Å²) in [6, 6.07) is 0. The number of hydrogen-bond acceptors (Lipinski definition) is 2. The summed E-state index contributed by atoms with van der Waals surface area (Å²) in [6.07, 6.45) is 24.3. The lowest BCUT2D eigenvalue weighted by atomic mass is 10.1. The molecule has 0 aliphatic rings. The predicted molar refractivity (Wildman–Crippen MR) is 102 cm³/mol. The molecule has 0 aliphatic carbocycles. The van der Waals surface area contributed by atoms with E-state index in [0.717, 1.165) is 38.5 Å². The number of methoxy groups -OCH3 is 1. The van der Waals surface area contributed by atoms with Crippen LogP contribution in [0.2, 0.25) is 0 Å². The molecule has 24 heavy (non-hydrogen) atoms. The molecule has 0 bridgehead atoms. The third-order valence-electron chi connectivity index (χ3n) is 3.93. The Labute approximate surface area is 148 Å². The van der Waals surface area contributed by atoms with Gasteiger partial charge in [0, 0.05) is 13.5 Å². The fraction of sp³-hybridized carbons (Fsp3) is 0.667. The molecule has 0 amide bonds. The first-order chi connectivity index (χ1) is 11.7. The monoisotopic (exact) mass is 336 g/mol. The van der Waals surface area contributed by atoms with Gasteiger partial charge in [-0.25, -0.2) is 0 Å². The van der Waals surface area contributed by atoms with Gasteiger partial charge in [0.05, 0.1) is 6.10 Å². The highest BCUT2D eigenvalue weighted by Gasteiger charge is 2.02. The minimum atomic E-state index is -0.680. The van der Waals surface area contributed by atoms with Gasteiger partial charge < -0.3 is 9.84 Å². The highest BCUT2D eigenvalue weighted by atomic mass is 16.5. The standard InChI is InChI=1S/C21H36O3/c1-3-4-5-6-8-11-14-17-20(24-2)18-15-12-9-7-10-13-16-19-21(22)23/h4-5,8,11,14,17,20H,3,6-7,9-10,12-13,15-16,18-19H2,1-2H3,(H,22,23). The van der Waals surface area contributed by atoms with E-state index < -0.39 is 5.97 Å². The van der Waals surface area contributed by atoms with E-state index in [4.69, 9.17) is 9.84 Å². The van der Waals surface area contributed by atoms with Crippen LogP contribution in [0.4, 0.5) is 0 Å². The quantitative estimate of drug-likeness (QED) is 0.211. The van der Waals surface area contributed by atoms with Gasteiger partial charge in [0.15, 0.2) is 0 Å². The summed E-state index contributed by atoms with van der Waals surface area (Å²) in [5, 5.41) is 8.56. The molecule has 0 fully saturated rings. The van der Waals surface area contributed by atoms with Gasteiger partial charge in [-0.3, -0.25) is 4.79 Å². The fourth-order valence-corrected chi connectivity index (χ4v) is 2.48. The summed E-state index contributed by atoms with van der Waals surface area (Å²) in [5.74, 6) is -0.680. The summed E-state index contributed by atoms with van der Waals surface area (Å²) in [7, 11) is 1.77. The number of carboxylic acids is 1. The largest absolute Gasteiger partial charge is 0.481 e. The van der Waals surface area contributed by atoms with Crippen molar-refractivity contribution in [3.8, 4) is 0 Å². The molecule has 0 aromatic heterocycles. The van der Waals surface area contributed by atoms with Gasteiger partial charge >= 0.3 is 5.97 Å². The van der Waals surface area contributed by atoms with E-state index in [1.807, 2.05) is 0 Å². The molecule has 138 valence electrons. The van der Waals surface area contributed by atoms with Gasteiger partial charge in [-0.1, -0.05) is 81.9 Å². The van der Waals surface area contributed by atoms with Crippen molar-refractivity contribution in [3.05, 3.63) is 36.5 Å². The van der Waals surface area contributed by atoms with Gasteiger partial charge in [0.25, 0.3) is 0 Å². The first-order valence-electron chi connectivity index (χ1n) is 9.43. The Kier molecular flexibility index (Phi) is 17.0. The second kappa shape index (κ2) is 18.0. The molecular formula is C21H36O3. The Bertz CT molecular complexity index is 369. The van der Waals surface area contributed by atoms with Crippen LogP contribution in [-0.4, -0.2) is 24.3 Å². The number of aliphatic carboxylic acids is 1. The zero-order valence-corrected chi connectivity index (χ0v) is 15.6. The number of carboxylic acid groups (broad SMARTS) is 1. The zero-order valence-electron chi connectivity index (χ0n) is 15.6. The average Bonchev–Trinajstić information content (AvgIpc) is 2.57. The maximum atomic E-state index is 10.4. The first-order valence-corrected chi connectivity index (χ1v) is 9.43. The van der Waals surface area contributed by atoms with E-state index >= 15 is 0 Å². The molecule has 0 rings (SSSR count). The minimum absolute atomic E-state index is 0.205. The average molecular weight is 337 g/mol. The Balaban J connectivity index is 3.57. The molecule has 0 saturated heterocycles. The van der Waals surface area contributed by atoms with Crippen molar-refractivity contribution in [1.82, 2.24) is 0 Å². The summed E-state index contributed by atoms with van der Waals surface area (Å²) in [4.78, 5) is 10.4. The third kappa shape index (κ3) is 17.0. The SMILES string of the molecule is CCC=CCC=CC=CC(CCCCCCCCCC(=O)O)OC. The lowest BCUT2D eigenvalue weighted by Gasteiger charge is -2.10. The molecule has 1 N–H and O–H groups in total. The number of allylic oxidation sites excluding steroid dienone is 5. The molecule has 3 nitrogen and oxygen atoms in total. The Hall–Kier alpha value is -1.35. The Morgan fingerprint density at radius 2 is 1.62 bits per heavy atom. The minimum Gasteiger partial charge on any atom is -0.481 e. The second-order valence-corrected chi connectivity index (χ2v) is 6.11. The summed E-state index contributed by atoms with van der Waals surface area (Å²) in [5.41, 5.74) is 0. The molecule has 1 atom stereocenters. The lowest BCUT2D eigenvalue weighted by Crippen LogP contribution is -2.06. The van der Waals surface area contributed by atoms with Crippen molar-refractivity contribution in [2.24, 2.45) is 0 Å². The fourth-order valence-electron chi connectivity index (χ4n) is 2.48. The zero-order chi connectivity index (χ0) is 17.9. The normalized spacial score (nSPS) is 13.4. The molecule has 1 unspecified atom stereocenters. The van der Waals surface area contributed by atoms with Crippen LogP contribution in [0, 0.1) is 0 Å². The van der Waals surface area contributed by atoms with E-state index in [-0.39, 0.29) is 6.10 Å². The number of rotatable bonds is 16. The van der Waals surface area contributed by atoms with E-state index in [1.165, 1.54) is 25.7 Å². The van der Waals surface area contributed by atoms with Crippen LogP contribution >= 0.6 is 0 Å². The van der Waals surface area contributed by atoms with Crippen LogP contribution < -0.4 is 0 Å². The Morgan fingerprint density at radius 3 is 2.25 bits per heavy atom. The van der Waals surface area contributed by atoms with E-state index in [9.17, 15) is 4.79 Å². The van der Waals surface area contributed by atoms with E-state index in [1.54, 1.807) is 7.11 Å². The molecule has 0 aromatic rings. The van der Waals surface area contributed by atoms with E-state index in [2.05, 4.69) is 43.4 Å². The van der Waals surface area contributed by atoms with Gasteiger partial charge in [0.1, 0.15) is 0 Å². The molecule has 3 heteroatoms. The van der Waals surface area contributed by atoms with Crippen LogP contribution in [-0.2, 0) is 9.53 Å². The number of hydrogen-bond donors (Lipinski definition) is 1. The molecule has 0 aliphatic heterocycles. The molecule has 0 aromatic carbocycles. The third-order valence-corrected chi connectivity index (χ3v) is 3.93. The Morgan fingerprint density at radius 1 is 0.958 bits per heavy atom. The van der Waals surface area contributed by atoms with Crippen LogP contribution in [0.1, 0.15) is 77.6 Å². The van der Waals surface area contributed by atoms with Crippen molar-refractivity contribution < 1.29 is 14.6 Å². The second-order valence-electron chi connectivity index (χ2n) is 6.11. The van der Waals surface area contributed by atoms with Crippen LogP contribution in [0.3, 0.4) is 0 Å². The highest BCUT2D eigenvalue weighted by molar-refractivity contribution is 5.66. The van der Waals surface area contributed by atoms with E-state index in [0.29, 0.717) is 6.42 Å². The smallest absolute Gasteiger partial charge is 0.303 e. The summed E-state index contributed by atoms with van der Waals surface area (Å²) in [6.45, 7) is 2.14. The van der Waals surface area contributed by atoms with Gasteiger partial charge in [-0.15, -0.1) is 0 Å². The van der Waals surface area contributed by atoms with Crippen LogP contribution in [0.25, 0.3) is 0 Å². The van der Waals surface area contributed by atoms with Crippen molar-refractivity contribution >= 4 is 5.97 Å². The predicted octanol–water partition coefficient (Wildman–Crippen LogP) is 6.07. The molecule has 0 saturated carbocycles.